The molecule has 9 nitrogen and oxygen atoms in total. The number of carbonyl (C=O) groups excluding carboxylic acids is 1. The summed E-state index contributed by atoms with van der Waals surface area (Å²) in [5.41, 5.74) is 0.0507. The van der Waals surface area contributed by atoms with Gasteiger partial charge in [0.15, 0.2) is 5.69 Å². The zero-order valence-corrected chi connectivity index (χ0v) is 8.21. The van der Waals surface area contributed by atoms with Gasteiger partial charge in [0, 0.05) is 12.4 Å². The van der Waals surface area contributed by atoms with Gasteiger partial charge in [0.05, 0.1) is 7.11 Å². The molecular formula is C7H7N7O2. The fourth-order valence-electron chi connectivity index (χ4n) is 1.01. The quantitative estimate of drug-likeness (QED) is 0.699. The Kier molecular flexibility index (Phi) is 2.67. The van der Waals surface area contributed by atoms with Gasteiger partial charge in [0.25, 0.3) is 11.9 Å². The number of ether oxygens (including phenoxy) is 1. The number of aromatic nitrogens is 6. The first-order valence-electron chi connectivity index (χ1n) is 4.21. The number of H-pyrrole nitrogens is 1. The van der Waals surface area contributed by atoms with Crippen molar-refractivity contribution in [3.8, 4) is 5.88 Å². The highest BCUT2D eigenvalue weighted by atomic mass is 16.5. The lowest BCUT2D eigenvalue weighted by atomic mass is 10.4. The van der Waals surface area contributed by atoms with Crippen LogP contribution in [0.1, 0.15) is 10.5 Å². The van der Waals surface area contributed by atoms with Crippen molar-refractivity contribution in [3.05, 3.63) is 18.1 Å². The standard InChI is InChI=1S/C7H7N7O2/c1-16-6-4(8-2-3-9-6)5(15)10-7-11-13-14-12-7/h2-3H,1H3,(H2,10,11,12,13,14,15). The lowest BCUT2D eigenvalue weighted by Gasteiger charge is -2.03. The van der Waals surface area contributed by atoms with Crippen molar-refractivity contribution in [2.24, 2.45) is 0 Å². The summed E-state index contributed by atoms with van der Waals surface area (Å²) in [6, 6.07) is 0. The number of amides is 1. The minimum atomic E-state index is -0.522. The fourth-order valence-corrected chi connectivity index (χ4v) is 1.01. The van der Waals surface area contributed by atoms with E-state index in [1.807, 2.05) is 0 Å². The number of aromatic amines is 1. The number of hydrogen-bond acceptors (Lipinski definition) is 7. The topological polar surface area (TPSA) is 119 Å². The van der Waals surface area contributed by atoms with Gasteiger partial charge in [0.2, 0.25) is 5.88 Å². The van der Waals surface area contributed by atoms with E-state index in [2.05, 4.69) is 35.9 Å². The van der Waals surface area contributed by atoms with Gasteiger partial charge in [-0.25, -0.2) is 9.97 Å². The Morgan fingerprint density at radius 1 is 1.44 bits per heavy atom. The Bertz CT molecular complexity index is 483. The number of nitrogens with zero attached hydrogens (tertiary/aromatic N) is 5. The highest BCUT2D eigenvalue weighted by molar-refractivity contribution is 6.03. The molecule has 2 N–H and O–H groups in total. The molecule has 2 aromatic rings. The second-order valence-electron chi connectivity index (χ2n) is 2.60. The lowest BCUT2D eigenvalue weighted by Crippen LogP contribution is -2.16. The van der Waals surface area contributed by atoms with Crippen LogP contribution in [0.3, 0.4) is 0 Å². The highest BCUT2D eigenvalue weighted by Crippen LogP contribution is 2.11. The van der Waals surface area contributed by atoms with Crippen LogP contribution in [0.4, 0.5) is 5.95 Å². The van der Waals surface area contributed by atoms with Crippen LogP contribution in [0.15, 0.2) is 12.4 Å². The van der Waals surface area contributed by atoms with Crippen LogP contribution >= 0.6 is 0 Å². The smallest absolute Gasteiger partial charge is 0.282 e. The predicted molar refractivity (Wildman–Crippen MR) is 50.7 cm³/mol. The normalized spacial score (nSPS) is 9.81. The summed E-state index contributed by atoms with van der Waals surface area (Å²) in [6.45, 7) is 0. The van der Waals surface area contributed by atoms with Crippen LogP contribution < -0.4 is 10.1 Å². The SMILES string of the molecule is COc1nccnc1C(=O)Nc1nn[nH]n1. The average molecular weight is 221 g/mol. The van der Waals surface area contributed by atoms with Gasteiger partial charge in [-0.2, -0.15) is 5.21 Å². The Morgan fingerprint density at radius 3 is 2.94 bits per heavy atom. The first-order chi connectivity index (χ1) is 7.81. The third kappa shape index (κ3) is 1.92. The molecule has 16 heavy (non-hydrogen) atoms. The summed E-state index contributed by atoms with van der Waals surface area (Å²) in [5, 5.41) is 15.0. The molecule has 0 atom stereocenters. The summed E-state index contributed by atoms with van der Waals surface area (Å²) in [6.07, 6.45) is 2.80. The van der Waals surface area contributed by atoms with Crippen LogP contribution in [-0.2, 0) is 0 Å². The van der Waals surface area contributed by atoms with E-state index in [9.17, 15) is 4.79 Å². The average Bonchev–Trinajstić information content (AvgIpc) is 2.81. The molecular weight excluding hydrogens is 214 g/mol. The first-order valence-corrected chi connectivity index (χ1v) is 4.21. The summed E-state index contributed by atoms with van der Waals surface area (Å²) >= 11 is 0. The van der Waals surface area contributed by atoms with Gasteiger partial charge >= 0.3 is 0 Å². The van der Waals surface area contributed by atoms with Crippen molar-refractivity contribution < 1.29 is 9.53 Å². The number of methoxy groups -OCH3 is 1. The maximum atomic E-state index is 11.7. The molecule has 2 rings (SSSR count). The highest BCUT2D eigenvalue weighted by Gasteiger charge is 2.16. The van der Waals surface area contributed by atoms with Crippen LogP contribution in [-0.4, -0.2) is 43.6 Å². The van der Waals surface area contributed by atoms with E-state index in [4.69, 9.17) is 4.74 Å². The van der Waals surface area contributed by atoms with Crippen LogP contribution in [0.5, 0.6) is 5.88 Å². The molecule has 9 heteroatoms. The predicted octanol–water partition coefficient (Wildman–Crippen LogP) is -0.749. The van der Waals surface area contributed by atoms with Crippen LogP contribution in [0.2, 0.25) is 0 Å². The van der Waals surface area contributed by atoms with Crippen LogP contribution in [0, 0.1) is 0 Å². The zero-order valence-electron chi connectivity index (χ0n) is 8.21. The minimum absolute atomic E-state index is 0.0507. The molecule has 0 aliphatic heterocycles. The maximum absolute atomic E-state index is 11.7. The summed E-state index contributed by atoms with van der Waals surface area (Å²) in [7, 11) is 1.40. The first kappa shape index (κ1) is 9.96. The molecule has 0 saturated heterocycles. The molecule has 0 aliphatic carbocycles. The molecule has 0 bridgehead atoms. The largest absolute Gasteiger partial charge is 0.479 e. The molecule has 2 heterocycles. The number of anilines is 1. The maximum Gasteiger partial charge on any atom is 0.282 e. The van der Waals surface area contributed by atoms with Crippen molar-refractivity contribution in [1.82, 2.24) is 30.6 Å². The van der Waals surface area contributed by atoms with Gasteiger partial charge in [-0.05, 0) is 5.21 Å². The second kappa shape index (κ2) is 4.29. The number of rotatable bonds is 3. The van der Waals surface area contributed by atoms with E-state index >= 15 is 0 Å². The summed E-state index contributed by atoms with van der Waals surface area (Å²) in [4.78, 5) is 19.4. The number of hydrogen-bond donors (Lipinski definition) is 2. The van der Waals surface area contributed by atoms with Gasteiger partial charge < -0.3 is 4.74 Å². The third-order valence-corrected chi connectivity index (χ3v) is 1.64. The Hall–Kier alpha value is -2.58. The summed E-state index contributed by atoms with van der Waals surface area (Å²) in [5.74, 6) is -0.340. The van der Waals surface area contributed by atoms with E-state index in [0.717, 1.165) is 0 Å². The number of tetrazole rings is 1. The van der Waals surface area contributed by atoms with Crippen molar-refractivity contribution in [1.29, 1.82) is 0 Å². The Balaban J connectivity index is 2.21. The molecule has 1 amide bonds. The number of carbonyl (C=O) groups is 1. The number of nitrogens with one attached hydrogen (secondary N) is 2. The zero-order chi connectivity index (χ0) is 11.4. The molecule has 2 aromatic heterocycles. The van der Waals surface area contributed by atoms with Crippen molar-refractivity contribution in [3.63, 3.8) is 0 Å². The van der Waals surface area contributed by atoms with Gasteiger partial charge in [-0.3, -0.25) is 10.1 Å². The van der Waals surface area contributed by atoms with E-state index in [-0.39, 0.29) is 17.5 Å². The molecule has 0 fully saturated rings. The Morgan fingerprint density at radius 2 is 2.25 bits per heavy atom. The molecule has 82 valence electrons. The lowest BCUT2D eigenvalue weighted by molar-refractivity contribution is 0.101. The van der Waals surface area contributed by atoms with E-state index in [1.54, 1.807) is 0 Å². The van der Waals surface area contributed by atoms with Crippen molar-refractivity contribution in [2.75, 3.05) is 12.4 Å². The molecule has 0 unspecified atom stereocenters. The van der Waals surface area contributed by atoms with Gasteiger partial charge in [-0.15, -0.1) is 5.10 Å². The molecule has 0 spiro atoms. The molecule has 0 radical (unpaired) electrons. The molecule has 0 aromatic carbocycles. The van der Waals surface area contributed by atoms with E-state index < -0.39 is 5.91 Å². The summed E-state index contributed by atoms with van der Waals surface area (Å²) < 4.78 is 4.89. The fraction of sp³-hybridized carbons (Fsp3) is 0.143. The van der Waals surface area contributed by atoms with Crippen molar-refractivity contribution in [2.45, 2.75) is 0 Å². The minimum Gasteiger partial charge on any atom is -0.479 e. The van der Waals surface area contributed by atoms with Crippen LogP contribution in [0.25, 0.3) is 0 Å². The van der Waals surface area contributed by atoms with E-state index in [1.165, 1.54) is 19.5 Å². The third-order valence-electron chi connectivity index (χ3n) is 1.64. The van der Waals surface area contributed by atoms with Crippen molar-refractivity contribution >= 4 is 11.9 Å². The van der Waals surface area contributed by atoms with Gasteiger partial charge in [-0.1, -0.05) is 5.10 Å². The van der Waals surface area contributed by atoms with Gasteiger partial charge in [0.1, 0.15) is 0 Å². The monoisotopic (exact) mass is 221 g/mol. The van der Waals surface area contributed by atoms with E-state index in [0.29, 0.717) is 0 Å². The second-order valence-corrected chi connectivity index (χ2v) is 2.60. The molecule has 0 saturated carbocycles. The Labute approximate surface area is 89.3 Å². The molecule has 0 aliphatic rings.